The minimum atomic E-state index is -0.973. The van der Waals surface area contributed by atoms with Crippen LogP contribution in [0.1, 0.15) is 60.0 Å². The van der Waals surface area contributed by atoms with Gasteiger partial charge in [0.2, 0.25) is 0 Å². The number of carbonyl (C=O) groups excluding carboxylic acids is 2. The number of Topliss-reactive ketones (excluding diaryl/α,β-unsaturated/α-hetero) is 1. The highest BCUT2D eigenvalue weighted by molar-refractivity contribution is 5.97. The molecule has 1 aliphatic heterocycles. The average molecular weight is 400 g/mol. The van der Waals surface area contributed by atoms with Crippen LogP contribution in [0.3, 0.4) is 0 Å². The minimum absolute atomic E-state index is 0.0570. The first-order chi connectivity index (χ1) is 13.7. The lowest BCUT2D eigenvalue weighted by atomic mass is 9.48. The third kappa shape index (κ3) is 2.48. The van der Waals surface area contributed by atoms with Gasteiger partial charge in [0, 0.05) is 42.6 Å². The first-order valence-electron chi connectivity index (χ1n) is 10.8. The molecule has 0 aromatic heterocycles. The Morgan fingerprint density at radius 2 is 2.10 bits per heavy atom. The maximum Gasteiger partial charge on any atom is 0.252 e. The van der Waals surface area contributed by atoms with Gasteiger partial charge in [-0.3, -0.25) is 9.59 Å². The fourth-order valence-electron chi connectivity index (χ4n) is 6.92. The SMILES string of the molecule is COc1c(C(N)=O)ccc2c1[C@]13CC[N+](C)(CC4CC4)[C@H](C2)[C@]1(O)CCC(=O)C3. The van der Waals surface area contributed by atoms with E-state index in [1.807, 2.05) is 6.07 Å². The topological polar surface area (TPSA) is 89.6 Å². The predicted molar refractivity (Wildman–Crippen MR) is 108 cm³/mol. The summed E-state index contributed by atoms with van der Waals surface area (Å²) in [7, 11) is 3.84. The molecule has 2 saturated carbocycles. The van der Waals surface area contributed by atoms with Crippen molar-refractivity contribution >= 4 is 11.7 Å². The lowest BCUT2D eigenvalue weighted by Crippen LogP contribution is -2.78. The van der Waals surface area contributed by atoms with E-state index in [0.717, 1.165) is 47.5 Å². The molecular formula is C23H31N2O4+. The van der Waals surface area contributed by atoms with E-state index in [0.29, 0.717) is 30.6 Å². The minimum Gasteiger partial charge on any atom is -0.496 e. The number of nitrogens with two attached hydrogens (primary N) is 1. The number of primary amides is 1. The molecule has 3 aliphatic carbocycles. The summed E-state index contributed by atoms with van der Waals surface area (Å²) in [6.45, 7) is 2.03. The number of ketones is 1. The Morgan fingerprint density at radius 3 is 2.76 bits per heavy atom. The molecule has 2 bridgehead atoms. The summed E-state index contributed by atoms with van der Waals surface area (Å²) in [5.74, 6) is 0.861. The summed E-state index contributed by atoms with van der Waals surface area (Å²) in [5.41, 5.74) is 6.25. The highest BCUT2D eigenvalue weighted by Gasteiger charge is 2.70. The van der Waals surface area contributed by atoms with E-state index < -0.39 is 16.9 Å². The van der Waals surface area contributed by atoms with Gasteiger partial charge in [0.25, 0.3) is 5.91 Å². The Morgan fingerprint density at radius 1 is 1.34 bits per heavy atom. The maximum atomic E-state index is 12.7. The molecule has 4 aliphatic rings. The summed E-state index contributed by atoms with van der Waals surface area (Å²) in [6.07, 6.45) is 5.25. The Kier molecular flexibility index (Phi) is 3.98. The summed E-state index contributed by atoms with van der Waals surface area (Å²) in [5, 5.41) is 12.3. The van der Waals surface area contributed by atoms with Crippen molar-refractivity contribution in [3.05, 3.63) is 28.8 Å². The van der Waals surface area contributed by atoms with Gasteiger partial charge in [0.15, 0.2) is 0 Å². The van der Waals surface area contributed by atoms with Crippen LogP contribution in [0, 0.1) is 5.92 Å². The van der Waals surface area contributed by atoms with Crippen LogP contribution < -0.4 is 10.5 Å². The van der Waals surface area contributed by atoms with Crippen LogP contribution in [0.4, 0.5) is 0 Å². The van der Waals surface area contributed by atoms with E-state index in [9.17, 15) is 14.7 Å². The monoisotopic (exact) mass is 399 g/mol. The highest BCUT2D eigenvalue weighted by Crippen LogP contribution is 2.61. The number of likely N-dealkylation sites (tertiary alicyclic amines) is 1. The molecule has 3 fully saturated rings. The molecule has 29 heavy (non-hydrogen) atoms. The molecule has 1 aromatic rings. The largest absolute Gasteiger partial charge is 0.496 e. The second kappa shape index (κ2) is 6.05. The van der Waals surface area contributed by atoms with Crippen molar-refractivity contribution in [3.63, 3.8) is 0 Å². The summed E-state index contributed by atoms with van der Waals surface area (Å²) < 4.78 is 6.59. The quantitative estimate of drug-likeness (QED) is 0.754. The van der Waals surface area contributed by atoms with Crippen molar-refractivity contribution in [1.82, 2.24) is 0 Å². The van der Waals surface area contributed by atoms with Crippen molar-refractivity contribution in [1.29, 1.82) is 0 Å². The number of fused-ring (bicyclic) bond motifs is 1. The first kappa shape index (κ1) is 19.1. The van der Waals surface area contributed by atoms with Crippen LogP contribution in [0.15, 0.2) is 12.1 Å². The number of quaternary nitrogens is 1. The molecule has 6 heteroatoms. The van der Waals surface area contributed by atoms with Crippen molar-refractivity contribution in [2.75, 3.05) is 27.2 Å². The third-order valence-electron chi connectivity index (χ3n) is 8.44. The number of amides is 1. The van der Waals surface area contributed by atoms with Gasteiger partial charge in [0.1, 0.15) is 23.2 Å². The number of piperidine rings is 1. The van der Waals surface area contributed by atoms with E-state index >= 15 is 0 Å². The molecule has 1 saturated heterocycles. The number of rotatable bonds is 4. The van der Waals surface area contributed by atoms with E-state index in [1.54, 1.807) is 13.2 Å². The second-order valence-electron chi connectivity index (χ2n) is 10.1. The number of hydrogen-bond acceptors (Lipinski definition) is 4. The second-order valence-corrected chi connectivity index (χ2v) is 10.1. The Labute approximate surface area is 171 Å². The lowest BCUT2D eigenvalue weighted by Gasteiger charge is -2.65. The normalized spacial score (nSPS) is 38.2. The highest BCUT2D eigenvalue weighted by atomic mass is 16.5. The number of hydrogen-bond donors (Lipinski definition) is 2. The number of aliphatic hydroxyl groups is 1. The zero-order valence-corrected chi connectivity index (χ0v) is 17.4. The number of carbonyl (C=O) groups is 2. The number of methoxy groups -OCH3 is 1. The van der Waals surface area contributed by atoms with Crippen LogP contribution >= 0.6 is 0 Å². The molecule has 1 amide bonds. The van der Waals surface area contributed by atoms with Gasteiger partial charge in [-0.05, 0) is 30.9 Å². The van der Waals surface area contributed by atoms with Crippen LogP contribution in [-0.4, -0.2) is 60.2 Å². The number of ether oxygens (including phenoxy) is 1. The Hall–Kier alpha value is -1.92. The number of benzene rings is 1. The van der Waals surface area contributed by atoms with Gasteiger partial charge in [-0.25, -0.2) is 0 Å². The van der Waals surface area contributed by atoms with Gasteiger partial charge < -0.3 is 20.1 Å². The Bertz CT molecular complexity index is 910. The van der Waals surface area contributed by atoms with E-state index in [2.05, 4.69) is 7.05 Å². The molecule has 1 heterocycles. The van der Waals surface area contributed by atoms with Gasteiger partial charge in [-0.1, -0.05) is 6.07 Å². The molecule has 4 atom stereocenters. The average Bonchev–Trinajstić information content (AvgIpc) is 3.48. The summed E-state index contributed by atoms with van der Waals surface area (Å²) in [4.78, 5) is 24.8. The predicted octanol–water partition coefficient (Wildman–Crippen LogP) is 1.70. The molecule has 1 unspecified atom stereocenters. The molecule has 1 aromatic carbocycles. The molecule has 3 N–H and O–H groups in total. The van der Waals surface area contributed by atoms with Crippen molar-refractivity contribution in [2.45, 2.75) is 62.0 Å². The van der Waals surface area contributed by atoms with Crippen molar-refractivity contribution in [2.24, 2.45) is 11.7 Å². The summed E-state index contributed by atoms with van der Waals surface area (Å²) >= 11 is 0. The van der Waals surface area contributed by atoms with Crippen LogP contribution in [0.25, 0.3) is 0 Å². The molecule has 0 spiro atoms. The molecular weight excluding hydrogens is 368 g/mol. The maximum absolute atomic E-state index is 12.7. The van der Waals surface area contributed by atoms with E-state index in [-0.39, 0.29) is 11.8 Å². The molecule has 156 valence electrons. The van der Waals surface area contributed by atoms with Crippen LogP contribution in [0.2, 0.25) is 0 Å². The van der Waals surface area contributed by atoms with Crippen LogP contribution in [0.5, 0.6) is 5.75 Å². The Balaban J connectivity index is 1.74. The van der Waals surface area contributed by atoms with E-state index in [1.165, 1.54) is 12.8 Å². The molecule has 0 radical (unpaired) electrons. The van der Waals surface area contributed by atoms with Crippen LogP contribution in [-0.2, 0) is 16.6 Å². The van der Waals surface area contributed by atoms with Gasteiger partial charge >= 0.3 is 0 Å². The van der Waals surface area contributed by atoms with E-state index in [4.69, 9.17) is 10.5 Å². The number of nitrogens with zero attached hydrogens (tertiary/aromatic N) is 1. The number of likely N-dealkylation sites (N-methyl/N-ethyl adjacent to an activating group) is 1. The van der Waals surface area contributed by atoms with Crippen molar-refractivity contribution < 1.29 is 23.9 Å². The summed E-state index contributed by atoms with van der Waals surface area (Å²) in [6, 6.07) is 3.77. The zero-order valence-electron chi connectivity index (χ0n) is 17.4. The van der Waals surface area contributed by atoms with Gasteiger partial charge in [-0.15, -0.1) is 0 Å². The van der Waals surface area contributed by atoms with Gasteiger partial charge in [0.05, 0.1) is 32.8 Å². The molecule has 5 rings (SSSR count). The first-order valence-corrected chi connectivity index (χ1v) is 10.8. The molecule has 6 nitrogen and oxygen atoms in total. The van der Waals surface area contributed by atoms with Gasteiger partial charge in [-0.2, -0.15) is 0 Å². The fourth-order valence-corrected chi connectivity index (χ4v) is 6.92. The third-order valence-corrected chi connectivity index (χ3v) is 8.44. The lowest BCUT2D eigenvalue weighted by molar-refractivity contribution is -0.950. The van der Waals surface area contributed by atoms with Crippen molar-refractivity contribution in [3.8, 4) is 5.75 Å². The zero-order chi connectivity index (χ0) is 20.6. The smallest absolute Gasteiger partial charge is 0.252 e. The standard InChI is InChI=1S/C23H30N2O4/c1-25(13-14-3-4-14)10-9-22-12-16(26)7-8-23(22,28)18(25)11-15-5-6-17(21(24)27)20(29-2)19(15)22/h5-6,14,18,28H,3-4,7-13H2,1-2H3,(H-,24,27)/p+1/t18-,22-,23-,25?/m1/s1. The fraction of sp³-hybridized carbons (Fsp3) is 0.652.